The number of rotatable bonds is 2. The molecular weight excluding hydrogens is 314 g/mol. The normalized spacial score (nSPS) is 25.0. The Bertz CT molecular complexity index is 762. The molecule has 4 rings (SSSR count). The summed E-state index contributed by atoms with van der Waals surface area (Å²) in [7, 11) is 0. The maximum absolute atomic E-state index is 9.14. The van der Waals surface area contributed by atoms with Crippen molar-refractivity contribution >= 4 is 28.3 Å². The molecule has 0 aliphatic carbocycles. The van der Waals surface area contributed by atoms with Gasteiger partial charge in [0, 0.05) is 32.0 Å². The van der Waals surface area contributed by atoms with Crippen LogP contribution in [-0.4, -0.2) is 34.5 Å². The maximum Gasteiger partial charge on any atom is 0.160 e. The second kappa shape index (κ2) is 5.99. The standard InChI is InChI=1S/C16H18ClN5O/c17-14-7-13-12(9-19-14)16(21-5-4-11(8-18)10-21)20-22(13)15-3-1-2-6-23-15/h7,9,11,15H,1-6,10H2/t11-,15?/m1/s1. The van der Waals surface area contributed by atoms with Crippen LogP contribution in [0.2, 0.25) is 5.15 Å². The SMILES string of the molecule is N#C[C@H]1CCN(c2nn(C3CCCCO3)c3cc(Cl)ncc23)C1. The van der Waals surface area contributed by atoms with Crippen molar-refractivity contribution in [2.24, 2.45) is 5.92 Å². The van der Waals surface area contributed by atoms with Crippen LogP contribution < -0.4 is 4.90 Å². The van der Waals surface area contributed by atoms with E-state index in [1.54, 1.807) is 6.20 Å². The highest BCUT2D eigenvalue weighted by Crippen LogP contribution is 2.34. The Morgan fingerprint density at radius 1 is 1.35 bits per heavy atom. The van der Waals surface area contributed by atoms with Crippen LogP contribution in [0.25, 0.3) is 10.9 Å². The van der Waals surface area contributed by atoms with Gasteiger partial charge in [-0.25, -0.2) is 9.67 Å². The largest absolute Gasteiger partial charge is 0.356 e. The smallest absolute Gasteiger partial charge is 0.160 e. The highest BCUT2D eigenvalue weighted by Gasteiger charge is 2.28. The molecule has 4 heterocycles. The molecule has 23 heavy (non-hydrogen) atoms. The first-order valence-corrected chi connectivity index (χ1v) is 8.44. The monoisotopic (exact) mass is 331 g/mol. The molecule has 0 radical (unpaired) electrons. The van der Waals surface area contributed by atoms with Gasteiger partial charge in [-0.2, -0.15) is 10.4 Å². The van der Waals surface area contributed by atoms with Crippen molar-refractivity contribution in [3.05, 3.63) is 17.4 Å². The first-order chi connectivity index (χ1) is 11.3. The van der Waals surface area contributed by atoms with Gasteiger partial charge in [-0.15, -0.1) is 0 Å². The summed E-state index contributed by atoms with van der Waals surface area (Å²) >= 11 is 6.09. The second-order valence-electron chi connectivity index (χ2n) is 6.17. The molecule has 2 atom stereocenters. The third-order valence-electron chi connectivity index (χ3n) is 4.64. The summed E-state index contributed by atoms with van der Waals surface area (Å²) < 4.78 is 7.84. The Morgan fingerprint density at radius 2 is 2.26 bits per heavy atom. The van der Waals surface area contributed by atoms with Crippen LogP contribution in [0, 0.1) is 17.2 Å². The number of halogens is 1. The minimum atomic E-state index is -0.0483. The van der Waals surface area contributed by atoms with E-state index in [0.717, 1.165) is 62.1 Å². The lowest BCUT2D eigenvalue weighted by atomic mass is 10.1. The number of pyridine rings is 1. The Kier molecular flexibility index (Phi) is 3.83. The zero-order valence-corrected chi connectivity index (χ0v) is 13.5. The summed E-state index contributed by atoms with van der Waals surface area (Å²) in [6.45, 7) is 2.33. The van der Waals surface area contributed by atoms with Crippen molar-refractivity contribution < 1.29 is 4.74 Å². The second-order valence-corrected chi connectivity index (χ2v) is 6.56. The van der Waals surface area contributed by atoms with Crippen molar-refractivity contribution in [2.45, 2.75) is 31.9 Å². The molecule has 0 amide bonds. The predicted octanol–water partition coefficient (Wildman–Crippen LogP) is 3.13. The number of hydrogen-bond acceptors (Lipinski definition) is 5. The van der Waals surface area contributed by atoms with Crippen LogP contribution in [0.1, 0.15) is 31.9 Å². The zero-order chi connectivity index (χ0) is 15.8. The molecular formula is C16H18ClN5O. The van der Waals surface area contributed by atoms with E-state index < -0.39 is 0 Å². The summed E-state index contributed by atoms with van der Waals surface area (Å²) in [6, 6.07) is 4.20. The molecule has 2 aliphatic heterocycles. The zero-order valence-electron chi connectivity index (χ0n) is 12.8. The number of aromatic nitrogens is 3. The Hall–Kier alpha value is -1.84. The van der Waals surface area contributed by atoms with Crippen molar-refractivity contribution in [1.82, 2.24) is 14.8 Å². The lowest BCUT2D eigenvalue weighted by Crippen LogP contribution is -2.22. The van der Waals surface area contributed by atoms with Crippen LogP contribution in [0.15, 0.2) is 12.3 Å². The van der Waals surface area contributed by atoms with Gasteiger partial charge in [-0.1, -0.05) is 11.6 Å². The lowest BCUT2D eigenvalue weighted by Gasteiger charge is -2.23. The fourth-order valence-corrected chi connectivity index (χ4v) is 3.57. The molecule has 0 saturated carbocycles. The number of nitrogens with zero attached hydrogens (tertiary/aromatic N) is 5. The van der Waals surface area contributed by atoms with E-state index in [9.17, 15) is 0 Å². The first kappa shape index (κ1) is 14.7. The predicted molar refractivity (Wildman–Crippen MR) is 87.3 cm³/mol. The van der Waals surface area contributed by atoms with Gasteiger partial charge in [-0.3, -0.25) is 0 Å². The molecule has 2 saturated heterocycles. The molecule has 120 valence electrons. The van der Waals surface area contributed by atoms with Gasteiger partial charge in [0.1, 0.15) is 5.15 Å². The van der Waals surface area contributed by atoms with Crippen LogP contribution in [-0.2, 0) is 4.74 Å². The van der Waals surface area contributed by atoms with Crippen molar-refractivity contribution in [1.29, 1.82) is 5.26 Å². The molecule has 2 aliphatic rings. The number of nitriles is 1. The quantitative estimate of drug-likeness (QED) is 0.791. The third kappa shape index (κ3) is 2.64. The molecule has 2 aromatic heterocycles. The van der Waals surface area contributed by atoms with E-state index in [1.165, 1.54) is 0 Å². The molecule has 6 nitrogen and oxygen atoms in total. The van der Waals surface area contributed by atoms with Gasteiger partial charge in [0.05, 0.1) is 22.9 Å². The van der Waals surface area contributed by atoms with Crippen LogP contribution in [0.3, 0.4) is 0 Å². The van der Waals surface area contributed by atoms with Gasteiger partial charge in [-0.05, 0) is 25.7 Å². The molecule has 0 bridgehead atoms. The minimum Gasteiger partial charge on any atom is -0.356 e. The molecule has 0 N–H and O–H groups in total. The number of hydrogen-bond donors (Lipinski definition) is 0. The van der Waals surface area contributed by atoms with E-state index in [-0.39, 0.29) is 12.1 Å². The molecule has 0 spiro atoms. The average molecular weight is 332 g/mol. The van der Waals surface area contributed by atoms with Crippen molar-refractivity contribution in [3.8, 4) is 6.07 Å². The molecule has 7 heteroatoms. The maximum atomic E-state index is 9.14. The van der Waals surface area contributed by atoms with E-state index in [1.807, 2.05) is 10.7 Å². The fraction of sp³-hybridized carbons (Fsp3) is 0.562. The third-order valence-corrected chi connectivity index (χ3v) is 4.84. The first-order valence-electron chi connectivity index (χ1n) is 8.06. The molecule has 0 aromatic carbocycles. The summed E-state index contributed by atoms with van der Waals surface area (Å²) in [6.07, 6.45) is 5.80. The van der Waals surface area contributed by atoms with Gasteiger partial charge < -0.3 is 9.64 Å². The Labute approximate surface area is 139 Å². The highest BCUT2D eigenvalue weighted by molar-refractivity contribution is 6.30. The van der Waals surface area contributed by atoms with Crippen molar-refractivity contribution in [2.75, 3.05) is 24.6 Å². The number of fused-ring (bicyclic) bond motifs is 1. The van der Waals surface area contributed by atoms with Gasteiger partial charge in [0.25, 0.3) is 0 Å². The Balaban J connectivity index is 1.77. The van der Waals surface area contributed by atoms with Crippen LogP contribution in [0.4, 0.5) is 5.82 Å². The van der Waals surface area contributed by atoms with E-state index in [2.05, 4.69) is 16.0 Å². The van der Waals surface area contributed by atoms with Gasteiger partial charge in [0.2, 0.25) is 0 Å². The van der Waals surface area contributed by atoms with Crippen molar-refractivity contribution in [3.63, 3.8) is 0 Å². The number of ether oxygens (including phenoxy) is 1. The minimum absolute atomic E-state index is 0.0483. The highest BCUT2D eigenvalue weighted by atomic mass is 35.5. The van der Waals surface area contributed by atoms with Crippen LogP contribution >= 0.6 is 11.6 Å². The summed E-state index contributed by atoms with van der Waals surface area (Å²) in [5.41, 5.74) is 0.951. The van der Waals surface area contributed by atoms with Gasteiger partial charge in [0.15, 0.2) is 12.0 Å². The molecule has 2 fully saturated rings. The van der Waals surface area contributed by atoms with E-state index >= 15 is 0 Å². The molecule has 1 unspecified atom stereocenters. The summed E-state index contributed by atoms with van der Waals surface area (Å²) in [4.78, 5) is 6.39. The topological polar surface area (TPSA) is 67.0 Å². The summed E-state index contributed by atoms with van der Waals surface area (Å²) in [5, 5.41) is 15.4. The van der Waals surface area contributed by atoms with E-state index in [4.69, 9.17) is 26.7 Å². The van der Waals surface area contributed by atoms with E-state index in [0.29, 0.717) is 5.15 Å². The molecule has 2 aromatic rings. The Morgan fingerprint density at radius 3 is 3.00 bits per heavy atom. The van der Waals surface area contributed by atoms with Gasteiger partial charge >= 0.3 is 0 Å². The fourth-order valence-electron chi connectivity index (χ4n) is 3.42. The lowest BCUT2D eigenvalue weighted by molar-refractivity contribution is -0.0365. The average Bonchev–Trinajstić information content (AvgIpc) is 3.19. The summed E-state index contributed by atoms with van der Waals surface area (Å²) in [5.74, 6) is 0.956. The van der Waals surface area contributed by atoms with Crippen LogP contribution in [0.5, 0.6) is 0 Å². The number of anilines is 1.